The smallest absolute Gasteiger partial charge is 0.305 e. The predicted molar refractivity (Wildman–Crippen MR) is 155 cm³/mol. The summed E-state index contributed by atoms with van der Waals surface area (Å²) in [6.07, 6.45) is 7.51. The highest BCUT2D eigenvalue weighted by atomic mass is 16.5. The van der Waals surface area contributed by atoms with Gasteiger partial charge in [0, 0.05) is 59.3 Å². The van der Waals surface area contributed by atoms with Crippen molar-refractivity contribution in [2.45, 2.75) is 70.5 Å². The lowest BCUT2D eigenvalue weighted by Crippen LogP contribution is -2.48. The van der Waals surface area contributed by atoms with Gasteiger partial charge in [-0.05, 0) is 92.8 Å². The van der Waals surface area contributed by atoms with Crippen LogP contribution in [0.4, 0.5) is 0 Å². The molecule has 214 valence electrons. The van der Waals surface area contributed by atoms with Gasteiger partial charge in [-0.2, -0.15) is 5.26 Å². The molecule has 3 aliphatic rings. The monoisotopic (exact) mass is 554 g/mol. The SMILES string of the molecule is COc1cc(C)c2[nH]ccc2c1CN1CCC2(CC(C#N)C2)CC1c1ccc(C(=O)N2CCCC2CC(=O)O)cc1. The Morgan fingerprint density at radius 2 is 1.95 bits per heavy atom. The van der Waals surface area contributed by atoms with E-state index in [4.69, 9.17) is 4.74 Å². The summed E-state index contributed by atoms with van der Waals surface area (Å²) in [5.41, 5.74) is 5.42. The third-order valence-electron chi connectivity index (χ3n) is 9.82. The second-order valence-electron chi connectivity index (χ2n) is 12.3. The first-order chi connectivity index (χ1) is 19.8. The fourth-order valence-corrected chi connectivity index (χ4v) is 7.66. The first-order valence-electron chi connectivity index (χ1n) is 14.7. The molecule has 2 N–H and O–H groups in total. The number of nitrogens with one attached hydrogen (secondary N) is 1. The number of nitriles is 1. The van der Waals surface area contributed by atoms with Crippen molar-refractivity contribution in [3.05, 3.63) is 64.8 Å². The molecule has 3 aromatic rings. The zero-order valence-corrected chi connectivity index (χ0v) is 23.9. The molecule has 3 heterocycles. The highest BCUT2D eigenvalue weighted by Crippen LogP contribution is 2.57. The third-order valence-corrected chi connectivity index (χ3v) is 9.82. The number of carbonyl (C=O) groups is 2. The van der Waals surface area contributed by atoms with Gasteiger partial charge in [0.25, 0.3) is 5.91 Å². The van der Waals surface area contributed by atoms with Crippen LogP contribution in [0.2, 0.25) is 0 Å². The minimum Gasteiger partial charge on any atom is -0.496 e. The van der Waals surface area contributed by atoms with E-state index in [2.05, 4.69) is 47.1 Å². The fraction of sp³-hybridized carbons (Fsp3) is 0.485. The number of aliphatic carboxylic acids is 1. The second-order valence-corrected chi connectivity index (χ2v) is 12.3. The van der Waals surface area contributed by atoms with Crippen molar-refractivity contribution in [3.63, 3.8) is 0 Å². The fourth-order valence-electron chi connectivity index (χ4n) is 7.66. The molecular weight excluding hydrogens is 516 g/mol. The van der Waals surface area contributed by atoms with Gasteiger partial charge < -0.3 is 19.7 Å². The molecule has 2 unspecified atom stereocenters. The van der Waals surface area contributed by atoms with Gasteiger partial charge in [0.2, 0.25) is 0 Å². The number of fused-ring (bicyclic) bond motifs is 1. The Kier molecular flexibility index (Phi) is 7.25. The number of benzene rings is 2. The van der Waals surface area contributed by atoms with Crippen LogP contribution in [0.1, 0.15) is 78.0 Å². The number of methoxy groups -OCH3 is 1. The lowest BCUT2D eigenvalue weighted by Gasteiger charge is -2.53. The molecule has 2 aliphatic heterocycles. The molecule has 41 heavy (non-hydrogen) atoms. The van der Waals surface area contributed by atoms with Crippen molar-refractivity contribution in [1.82, 2.24) is 14.8 Å². The molecule has 0 radical (unpaired) electrons. The molecular formula is C33H38N4O4. The minimum atomic E-state index is -0.867. The molecule has 2 aromatic carbocycles. The average molecular weight is 555 g/mol. The van der Waals surface area contributed by atoms with E-state index in [0.717, 1.165) is 68.4 Å². The van der Waals surface area contributed by atoms with Crippen LogP contribution in [-0.2, 0) is 11.3 Å². The molecule has 8 nitrogen and oxygen atoms in total. The summed E-state index contributed by atoms with van der Waals surface area (Å²) < 4.78 is 5.86. The largest absolute Gasteiger partial charge is 0.496 e. The molecule has 8 heteroatoms. The lowest BCUT2D eigenvalue weighted by molar-refractivity contribution is -0.137. The van der Waals surface area contributed by atoms with E-state index >= 15 is 0 Å². The van der Waals surface area contributed by atoms with E-state index in [0.29, 0.717) is 12.1 Å². The first kappa shape index (κ1) is 27.3. The number of aromatic amines is 1. The summed E-state index contributed by atoms with van der Waals surface area (Å²) in [6.45, 7) is 4.36. The van der Waals surface area contributed by atoms with Crippen molar-refractivity contribution in [2.24, 2.45) is 11.3 Å². The number of hydrogen-bond acceptors (Lipinski definition) is 5. The number of aryl methyl sites for hydroxylation is 1. The normalized spacial score (nSPS) is 26.2. The molecule has 0 bridgehead atoms. The van der Waals surface area contributed by atoms with Crippen LogP contribution in [0.25, 0.3) is 10.9 Å². The van der Waals surface area contributed by atoms with E-state index in [1.165, 1.54) is 16.5 Å². The lowest BCUT2D eigenvalue weighted by atomic mass is 9.56. The number of ether oxygens (including phenoxy) is 1. The zero-order valence-electron chi connectivity index (χ0n) is 23.9. The van der Waals surface area contributed by atoms with E-state index in [-0.39, 0.29) is 35.7 Å². The van der Waals surface area contributed by atoms with E-state index < -0.39 is 5.97 Å². The first-order valence-corrected chi connectivity index (χ1v) is 14.7. The van der Waals surface area contributed by atoms with Crippen molar-refractivity contribution in [3.8, 4) is 11.8 Å². The number of hydrogen-bond donors (Lipinski definition) is 2. The second kappa shape index (κ2) is 10.9. The molecule has 1 aliphatic carbocycles. The quantitative estimate of drug-likeness (QED) is 0.381. The number of piperidine rings is 1. The van der Waals surface area contributed by atoms with Crippen LogP contribution in [-0.4, -0.2) is 58.0 Å². The maximum absolute atomic E-state index is 13.3. The highest BCUT2D eigenvalue weighted by Gasteiger charge is 2.49. The number of H-pyrrole nitrogens is 1. The standard InChI is InChI=1S/C33H38N4O4/c1-21-14-29(41-2)27(26-9-11-35-31(21)26)20-36-13-10-33(16-22(17-33)19-34)18-28(36)23-5-7-24(8-6-23)32(40)37-12-3-4-25(37)15-30(38)39/h5-9,11,14,22,25,28,35H,3-4,10,12-13,15-18,20H2,1-2H3,(H,38,39). The minimum absolute atomic E-state index is 0.0104. The van der Waals surface area contributed by atoms with Gasteiger partial charge in [0.05, 0.1) is 19.6 Å². The van der Waals surface area contributed by atoms with Gasteiger partial charge in [-0.1, -0.05) is 12.1 Å². The number of likely N-dealkylation sites (tertiary alicyclic amines) is 2. The number of nitrogens with zero attached hydrogens (tertiary/aromatic N) is 3. The molecule has 1 saturated carbocycles. The van der Waals surface area contributed by atoms with Gasteiger partial charge in [-0.25, -0.2) is 0 Å². The number of carboxylic acid groups (broad SMARTS) is 1. The molecule has 3 fully saturated rings. The Balaban J connectivity index is 1.28. The number of carboxylic acids is 1. The van der Waals surface area contributed by atoms with Crippen LogP contribution in [0.15, 0.2) is 42.6 Å². The van der Waals surface area contributed by atoms with Crippen LogP contribution >= 0.6 is 0 Å². The van der Waals surface area contributed by atoms with Crippen molar-refractivity contribution < 1.29 is 19.4 Å². The summed E-state index contributed by atoms with van der Waals surface area (Å²) >= 11 is 0. The molecule has 6 rings (SSSR count). The average Bonchev–Trinajstić information content (AvgIpc) is 3.63. The van der Waals surface area contributed by atoms with E-state index in [1.807, 2.05) is 18.3 Å². The van der Waals surface area contributed by atoms with Crippen LogP contribution < -0.4 is 4.74 Å². The van der Waals surface area contributed by atoms with Gasteiger partial charge in [0.15, 0.2) is 0 Å². The van der Waals surface area contributed by atoms with Gasteiger partial charge in [-0.15, -0.1) is 0 Å². The van der Waals surface area contributed by atoms with Gasteiger partial charge in [0.1, 0.15) is 5.75 Å². The van der Waals surface area contributed by atoms with E-state index in [1.54, 1.807) is 12.0 Å². The number of rotatable bonds is 7. The van der Waals surface area contributed by atoms with Crippen molar-refractivity contribution >= 4 is 22.8 Å². The Hall–Kier alpha value is -3.83. The van der Waals surface area contributed by atoms with Crippen LogP contribution in [0.5, 0.6) is 5.75 Å². The third kappa shape index (κ3) is 5.08. The molecule has 2 saturated heterocycles. The summed E-state index contributed by atoms with van der Waals surface area (Å²) in [4.78, 5) is 32.3. The Bertz CT molecular complexity index is 1500. The topological polar surface area (TPSA) is 110 Å². The van der Waals surface area contributed by atoms with Gasteiger partial charge >= 0.3 is 5.97 Å². The predicted octanol–water partition coefficient (Wildman–Crippen LogP) is 5.82. The maximum Gasteiger partial charge on any atom is 0.305 e. The molecule has 1 spiro atoms. The summed E-state index contributed by atoms with van der Waals surface area (Å²) in [5.74, 6) is 0.0860. The number of amides is 1. The number of aromatic nitrogens is 1. The summed E-state index contributed by atoms with van der Waals surface area (Å²) in [7, 11) is 1.73. The van der Waals surface area contributed by atoms with Gasteiger partial charge in [-0.3, -0.25) is 14.5 Å². The summed E-state index contributed by atoms with van der Waals surface area (Å²) in [6, 6.07) is 14.6. The Morgan fingerprint density at radius 1 is 1.17 bits per heavy atom. The highest BCUT2D eigenvalue weighted by molar-refractivity contribution is 5.95. The molecule has 1 aromatic heterocycles. The Morgan fingerprint density at radius 3 is 2.66 bits per heavy atom. The zero-order chi connectivity index (χ0) is 28.7. The van der Waals surface area contributed by atoms with Crippen molar-refractivity contribution in [2.75, 3.05) is 20.2 Å². The Labute approximate surface area is 240 Å². The maximum atomic E-state index is 13.3. The van der Waals surface area contributed by atoms with Crippen LogP contribution in [0, 0.1) is 29.6 Å². The molecule has 1 amide bonds. The summed E-state index contributed by atoms with van der Waals surface area (Å²) in [5, 5.41) is 19.9. The van der Waals surface area contributed by atoms with E-state index in [9.17, 15) is 20.0 Å². The molecule has 2 atom stereocenters. The number of carbonyl (C=O) groups excluding carboxylic acids is 1. The van der Waals surface area contributed by atoms with Crippen molar-refractivity contribution in [1.29, 1.82) is 5.26 Å². The van der Waals surface area contributed by atoms with Crippen LogP contribution in [0.3, 0.4) is 0 Å².